The zero-order valence-corrected chi connectivity index (χ0v) is 19.4. The Labute approximate surface area is 194 Å². The Morgan fingerprint density at radius 2 is 2.00 bits per heavy atom. The molecule has 4 rings (SSSR count). The number of ether oxygens (including phenoxy) is 2. The first-order valence-electron chi connectivity index (χ1n) is 10.6. The number of carboxylic acid groups (broad SMARTS) is 1. The zero-order chi connectivity index (χ0) is 23.9. The Morgan fingerprint density at radius 1 is 1.24 bits per heavy atom. The number of benzene rings is 1. The van der Waals surface area contributed by atoms with Crippen LogP contribution in [0.15, 0.2) is 24.3 Å². The van der Waals surface area contributed by atoms with Gasteiger partial charge < -0.3 is 19.9 Å². The van der Waals surface area contributed by atoms with Gasteiger partial charge in [0.1, 0.15) is 28.2 Å². The number of hydrogen-bond donors (Lipinski definition) is 2. The molecule has 178 valence electrons. The molecule has 1 fully saturated rings. The van der Waals surface area contributed by atoms with Crippen LogP contribution in [0.3, 0.4) is 0 Å². The van der Waals surface area contributed by atoms with Crippen LogP contribution >= 0.6 is 11.3 Å². The summed E-state index contributed by atoms with van der Waals surface area (Å²) in [6.45, 7) is 6.61. The van der Waals surface area contributed by atoms with Crippen molar-refractivity contribution in [3.05, 3.63) is 56.8 Å². The van der Waals surface area contributed by atoms with Crippen LogP contribution in [0.2, 0.25) is 0 Å². The van der Waals surface area contributed by atoms with E-state index >= 15 is 0 Å². The maximum Gasteiger partial charge on any atom is 0.407 e. The van der Waals surface area contributed by atoms with Crippen molar-refractivity contribution in [1.29, 1.82) is 0 Å². The smallest absolute Gasteiger partial charge is 0.407 e. The molecule has 2 N–H and O–H groups in total. The van der Waals surface area contributed by atoms with Crippen LogP contribution in [-0.2, 0) is 22.6 Å². The monoisotopic (exact) mass is 480 g/mol. The Morgan fingerprint density at radius 3 is 2.67 bits per heavy atom. The summed E-state index contributed by atoms with van der Waals surface area (Å²) in [4.78, 5) is 27.2. The van der Waals surface area contributed by atoms with Gasteiger partial charge in [0.15, 0.2) is 0 Å². The summed E-state index contributed by atoms with van der Waals surface area (Å²) in [7, 11) is 0. The Bertz CT molecular complexity index is 1040. The molecule has 0 unspecified atom stereocenters. The highest BCUT2D eigenvalue weighted by Gasteiger charge is 2.40. The van der Waals surface area contributed by atoms with Gasteiger partial charge in [0.05, 0.1) is 12.6 Å². The van der Waals surface area contributed by atoms with Gasteiger partial charge in [0.25, 0.3) is 0 Å². The minimum Gasteiger partial charge on any atom is -0.477 e. The number of rotatable bonds is 4. The van der Waals surface area contributed by atoms with Gasteiger partial charge in [-0.05, 0) is 57.0 Å². The molecule has 1 amide bonds. The normalized spacial score (nSPS) is 23.2. The molecule has 0 spiro atoms. The van der Waals surface area contributed by atoms with Crippen LogP contribution < -0.4 is 5.32 Å². The predicted octanol–water partition coefficient (Wildman–Crippen LogP) is 4.46. The van der Waals surface area contributed by atoms with Crippen molar-refractivity contribution in [2.75, 3.05) is 6.61 Å². The van der Waals surface area contributed by atoms with Gasteiger partial charge in [0.2, 0.25) is 0 Å². The van der Waals surface area contributed by atoms with Crippen molar-refractivity contribution in [3.8, 4) is 0 Å². The molecule has 1 aromatic carbocycles. The molecule has 0 saturated carbocycles. The van der Waals surface area contributed by atoms with Crippen LogP contribution in [0.25, 0.3) is 0 Å². The highest BCUT2D eigenvalue weighted by Crippen LogP contribution is 2.37. The van der Waals surface area contributed by atoms with E-state index in [1.54, 1.807) is 26.8 Å². The molecule has 0 bridgehead atoms. The largest absolute Gasteiger partial charge is 0.477 e. The number of carbonyl (C=O) groups is 2. The van der Waals surface area contributed by atoms with E-state index in [-0.39, 0.29) is 18.2 Å². The highest BCUT2D eigenvalue weighted by atomic mass is 32.1. The molecular formula is C23H26F2N2O5S. The summed E-state index contributed by atoms with van der Waals surface area (Å²) >= 11 is 1.25. The van der Waals surface area contributed by atoms with Gasteiger partial charge in [-0.2, -0.15) is 0 Å². The van der Waals surface area contributed by atoms with Gasteiger partial charge >= 0.3 is 12.1 Å². The fourth-order valence-electron chi connectivity index (χ4n) is 4.26. The van der Waals surface area contributed by atoms with Crippen molar-refractivity contribution in [2.24, 2.45) is 0 Å². The van der Waals surface area contributed by atoms with Crippen molar-refractivity contribution >= 4 is 23.4 Å². The first-order chi connectivity index (χ1) is 15.5. The van der Waals surface area contributed by atoms with E-state index in [0.717, 1.165) is 28.6 Å². The van der Waals surface area contributed by atoms with Gasteiger partial charge in [-0.25, -0.2) is 18.4 Å². The van der Waals surface area contributed by atoms with E-state index in [0.29, 0.717) is 24.4 Å². The zero-order valence-electron chi connectivity index (χ0n) is 18.6. The number of thiophene rings is 1. The Hall–Kier alpha value is -2.56. The topological polar surface area (TPSA) is 88.1 Å². The summed E-state index contributed by atoms with van der Waals surface area (Å²) < 4.78 is 39.8. The van der Waals surface area contributed by atoms with Crippen LogP contribution in [0.4, 0.5) is 13.6 Å². The number of carbonyl (C=O) groups excluding carboxylic acids is 1. The SMILES string of the molecule is CC(C)(C)OC(=O)N[C@H]1C[C@@H](N2Cc3cc(C(=O)O)sc3C2)CO[C@@H]1c1cc(F)ccc1F. The quantitative estimate of drug-likeness (QED) is 0.672. The standard InChI is InChI=1S/C23H26F2N2O5S/c1-23(2,3)32-22(30)26-17-8-14(11-31-20(17)15-7-13(24)4-5-16(15)25)27-9-12-6-18(21(28)29)33-19(12)10-27/h4-7,14,17,20H,8-11H2,1-3H3,(H,26,30)(H,28,29)/t14-,17+,20-/m1/s1. The van der Waals surface area contributed by atoms with Crippen molar-refractivity contribution < 1.29 is 33.0 Å². The van der Waals surface area contributed by atoms with E-state index < -0.39 is 41.4 Å². The van der Waals surface area contributed by atoms with E-state index in [2.05, 4.69) is 10.2 Å². The molecular weight excluding hydrogens is 454 g/mol. The van der Waals surface area contributed by atoms with E-state index in [1.165, 1.54) is 11.3 Å². The fourth-order valence-corrected chi connectivity index (χ4v) is 5.30. The van der Waals surface area contributed by atoms with Crippen LogP contribution in [-0.4, -0.2) is 46.4 Å². The molecule has 2 aromatic rings. The molecule has 10 heteroatoms. The van der Waals surface area contributed by atoms with Gasteiger partial charge in [-0.3, -0.25) is 4.90 Å². The summed E-state index contributed by atoms with van der Waals surface area (Å²) in [6.07, 6.45) is -1.11. The molecule has 7 nitrogen and oxygen atoms in total. The third kappa shape index (κ3) is 5.34. The number of nitrogens with zero attached hydrogens (tertiary/aromatic N) is 1. The second-order valence-corrected chi connectivity index (χ2v) is 10.5. The Balaban J connectivity index is 1.52. The number of nitrogens with one attached hydrogen (secondary N) is 1. The summed E-state index contributed by atoms with van der Waals surface area (Å²) in [5.74, 6) is -2.14. The lowest BCUT2D eigenvalue weighted by Gasteiger charge is -2.40. The summed E-state index contributed by atoms with van der Waals surface area (Å²) in [5, 5.41) is 12.0. The first kappa shape index (κ1) is 23.6. The number of alkyl carbamates (subject to hydrolysis) is 1. The number of hydrogen-bond acceptors (Lipinski definition) is 6. The number of aromatic carboxylic acids is 1. The summed E-state index contributed by atoms with van der Waals surface area (Å²) in [5.41, 5.74) is 0.289. The van der Waals surface area contributed by atoms with Crippen LogP contribution in [0.1, 0.15) is 59.0 Å². The molecule has 3 atom stereocenters. The number of fused-ring (bicyclic) bond motifs is 1. The van der Waals surface area contributed by atoms with Gasteiger partial charge in [-0.15, -0.1) is 11.3 Å². The second-order valence-electron chi connectivity index (χ2n) is 9.33. The molecule has 2 aliphatic rings. The first-order valence-corrected chi connectivity index (χ1v) is 11.5. The number of amides is 1. The average molecular weight is 481 g/mol. The fraction of sp³-hybridized carbons (Fsp3) is 0.478. The maximum absolute atomic E-state index is 14.5. The number of halogens is 2. The summed E-state index contributed by atoms with van der Waals surface area (Å²) in [6, 6.07) is 4.10. The minimum absolute atomic E-state index is 0.0427. The van der Waals surface area contributed by atoms with Crippen LogP contribution in [0.5, 0.6) is 0 Å². The lowest BCUT2D eigenvalue weighted by atomic mass is 9.92. The van der Waals surface area contributed by atoms with Crippen LogP contribution in [0, 0.1) is 11.6 Å². The third-order valence-corrected chi connectivity index (χ3v) is 6.82. The third-order valence-electron chi connectivity index (χ3n) is 5.67. The maximum atomic E-state index is 14.5. The Kier molecular flexibility index (Phi) is 6.43. The molecule has 1 aromatic heterocycles. The molecule has 2 aliphatic heterocycles. The van der Waals surface area contributed by atoms with E-state index in [1.807, 2.05) is 0 Å². The van der Waals surface area contributed by atoms with Gasteiger partial charge in [0, 0.05) is 29.6 Å². The van der Waals surface area contributed by atoms with E-state index in [4.69, 9.17) is 9.47 Å². The molecule has 3 heterocycles. The second kappa shape index (κ2) is 9.00. The molecule has 1 saturated heterocycles. The highest BCUT2D eigenvalue weighted by molar-refractivity contribution is 7.14. The van der Waals surface area contributed by atoms with Crippen molar-refractivity contribution in [3.63, 3.8) is 0 Å². The van der Waals surface area contributed by atoms with Gasteiger partial charge in [-0.1, -0.05) is 0 Å². The lowest BCUT2D eigenvalue weighted by molar-refractivity contribution is -0.0626. The average Bonchev–Trinajstić information content (AvgIpc) is 3.28. The predicted molar refractivity (Wildman–Crippen MR) is 117 cm³/mol. The number of carboxylic acids is 1. The van der Waals surface area contributed by atoms with E-state index in [9.17, 15) is 23.5 Å². The van der Waals surface area contributed by atoms with Crippen molar-refractivity contribution in [2.45, 2.75) is 64.1 Å². The molecule has 0 aliphatic carbocycles. The molecule has 0 radical (unpaired) electrons. The minimum atomic E-state index is -0.941. The molecule has 33 heavy (non-hydrogen) atoms. The lowest BCUT2D eigenvalue weighted by Crippen LogP contribution is -2.52. The van der Waals surface area contributed by atoms with Crippen molar-refractivity contribution in [1.82, 2.24) is 10.2 Å².